The van der Waals surface area contributed by atoms with Gasteiger partial charge in [0.05, 0.1) is 32.0 Å². The minimum Gasteiger partial charge on any atom is -0.495 e. The number of benzene rings is 2. The molecule has 7 heteroatoms. The van der Waals surface area contributed by atoms with Crippen molar-refractivity contribution < 1.29 is 18.9 Å². The van der Waals surface area contributed by atoms with Crippen LogP contribution in [0.1, 0.15) is 42.0 Å². The van der Waals surface area contributed by atoms with Gasteiger partial charge < -0.3 is 23.8 Å². The molecule has 2 aromatic rings. The van der Waals surface area contributed by atoms with Gasteiger partial charge in [-0.1, -0.05) is 17.7 Å². The molecule has 0 aromatic heterocycles. The number of rotatable bonds is 10. The van der Waals surface area contributed by atoms with Crippen LogP contribution in [0.4, 0.5) is 5.69 Å². The quantitative estimate of drug-likeness (QED) is 0.404. The van der Waals surface area contributed by atoms with Crippen molar-refractivity contribution in [3.63, 3.8) is 0 Å². The highest BCUT2D eigenvalue weighted by atomic mass is 35.5. The van der Waals surface area contributed by atoms with Gasteiger partial charge in [-0.25, -0.2) is 0 Å². The molecule has 2 fully saturated rings. The second kappa shape index (κ2) is 12.3. The zero-order valence-corrected chi connectivity index (χ0v) is 22.3. The second-order valence-electron chi connectivity index (χ2n) is 9.46. The number of halogens is 1. The maximum Gasteiger partial charge on any atom is 0.139 e. The van der Waals surface area contributed by atoms with Crippen molar-refractivity contribution in [2.45, 2.75) is 45.2 Å². The number of ether oxygens (including phenoxy) is 4. The van der Waals surface area contributed by atoms with Gasteiger partial charge in [0.25, 0.3) is 0 Å². The van der Waals surface area contributed by atoms with Crippen molar-refractivity contribution in [2.24, 2.45) is 0 Å². The molecule has 2 atom stereocenters. The summed E-state index contributed by atoms with van der Waals surface area (Å²) in [6.07, 6.45) is 3.69. The predicted octanol–water partition coefficient (Wildman–Crippen LogP) is 5.42. The van der Waals surface area contributed by atoms with Gasteiger partial charge in [-0.05, 0) is 68.0 Å². The number of hydrogen-bond acceptors (Lipinski definition) is 6. The Morgan fingerprint density at radius 2 is 1.74 bits per heavy atom. The monoisotopic (exact) mass is 502 g/mol. The standard InChI is InChI=1S/C28H39ClN2O4/c1-20-21(2)27(35-17-16-34-15-14-32-3)11-9-24(20)26-7-5-6-23-19-30(12-13-31(23)26)22-8-10-25(29)28(18-22)33-4/h8-11,18,23,26H,5-7,12-17,19H2,1-4H3/t23?,26-/m1/s1. The van der Waals surface area contributed by atoms with Gasteiger partial charge in [-0.15, -0.1) is 0 Å². The molecule has 2 aliphatic rings. The van der Waals surface area contributed by atoms with Crippen molar-refractivity contribution in [3.05, 3.63) is 52.0 Å². The Labute approximate surface area is 215 Å². The highest BCUT2D eigenvalue weighted by Gasteiger charge is 2.36. The largest absolute Gasteiger partial charge is 0.495 e. The number of hydrogen-bond donors (Lipinski definition) is 0. The van der Waals surface area contributed by atoms with E-state index in [1.807, 2.05) is 6.07 Å². The first-order valence-corrected chi connectivity index (χ1v) is 13.0. The molecule has 0 spiro atoms. The Morgan fingerprint density at radius 3 is 2.54 bits per heavy atom. The Morgan fingerprint density at radius 1 is 0.914 bits per heavy atom. The topological polar surface area (TPSA) is 43.4 Å². The smallest absolute Gasteiger partial charge is 0.139 e. The van der Waals surface area contributed by atoms with Crippen molar-refractivity contribution in [2.75, 3.05) is 65.2 Å². The van der Waals surface area contributed by atoms with Crippen LogP contribution in [0.25, 0.3) is 0 Å². The van der Waals surface area contributed by atoms with Gasteiger partial charge in [0.1, 0.15) is 18.1 Å². The van der Waals surface area contributed by atoms with E-state index in [0.29, 0.717) is 43.5 Å². The van der Waals surface area contributed by atoms with Crippen molar-refractivity contribution in [1.29, 1.82) is 0 Å². The first kappa shape index (κ1) is 26.1. The van der Waals surface area contributed by atoms with Crippen LogP contribution in [-0.2, 0) is 9.47 Å². The fourth-order valence-corrected chi connectivity index (χ4v) is 5.65. The minimum atomic E-state index is 0.459. The maximum absolute atomic E-state index is 6.25. The molecule has 0 amide bonds. The van der Waals surface area contributed by atoms with Gasteiger partial charge in [0.15, 0.2) is 0 Å². The molecule has 6 nitrogen and oxygen atoms in total. The van der Waals surface area contributed by atoms with E-state index in [4.69, 9.17) is 30.5 Å². The predicted molar refractivity (Wildman–Crippen MR) is 141 cm³/mol. The van der Waals surface area contributed by atoms with E-state index in [1.54, 1.807) is 14.2 Å². The lowest BCUT2D eigenvalue weighted by atomic mass is 9.86. The molecule has 0 radical (unpaired) electrons. The fourth-order valence-electron chi connectivity index (χ4n) is 5.45. The van der Waals surface area contributed by atoms with E-state index in [9.17, 15) is 0 Å². The average Bonchev–Trinajstić information content (AvgIpc) is 2.88. The number of anilines is 1. The van der Waals surface area contributed by atoms with E-state index in [1.165, 1.54) is 41.6 Å². The summed E-state index contributed by atoms with van der Waals surface area (Å²) in [5.74, 6) is 1.69. The molecule has 192 valence electrons. The lowest BCUT2D eigenvalue weighted by Crippen LogP contribution is -2.56. The number of piperazine rings is 1. The molecule has 2 saturated heterocycles. The fraction of sp³-hybridized carbons (Fsp3) is 0.571. The van der Waals surface area contributed by atoms with Gasteiger partial charge >= 0.3 is 0 Å². The SMILES string of the molecule is COCCOCCOc1ccc([C@H]2CCCC3CN(c4ccc(Cl)c(OC)c4)CCN32)c(C)c1C. The van der Waals surface area contributed by atoms with Crippen molar-refractivity contribution >= 4 is 17.3 Å². The highest BCUT2D eigenvalue weighted by Crippen LogP contribution is 2.40. The average molecular weight is 503 g/mol. The van der Waals surface area contributed by atoms with Crippen LogP contribution in [0.3, 0.4) is 0 Å². The second-order valence-corrected chi connectivity index (χ2v) is 9.87. The maximum atomic E-state index is 6.25. The molecular formula is C28H39ClN2O4. The molecule has 4 rings (SSSR count). The van der Waals surface area contributed by atoms with Crippen molar-refractivity contribution in [1.82, 2.24) is 4.90 Å². The third-order valence-corrected chi connectivity index (χ3v) is 7.81. The molecular weight excluding hydrogens is 464 g/mol. The lowest BCUT2D eigenvalue weighted by Gasteiger charge is -2.49. The Bertz CT molecular complexity index is 986. The minimum absolute atomic E-state index is 0.459. The van der Waals surface area contributed by atoms with Gasteiger partial charge in [0, 0.05) is 50.6 Å². The number of piperidine rings is 1. The van der Waals surface area contributed by atoms with Crippen molar-refractivity contribution in [3.8, 4) is 11.5 Å². The summed E-state index contributed by atoms with van der Waals surface area (Å²) < 4.78 is 22.0. The summed E-state index contributed by atoms with van der Waals surface area (Å²) in [7, 11) is 3.35. The van der Waals surface area contributed by atoms with E-state index >= 15 is 0 Å². The first-order chi connectivity index (χ1) is 17.0. The number of methoxy groups -OCH3 is 2. The van der Waals surface area contributed by atoms with Gasteiger partial charge in [0.2, 0.25) is 0 Å². The van der Waals surface area contributed by atoms with Crippen LogP contribution in [0.15, 0.2) is 30.3 Å². The summed E-state index contributed by atoms with van der Waals surface area (Å²) in [6.45, 7) is 9.82. The molecule has 0 aliphatic carbocycles. The molecule has 2 heterocycles. The zero-order chi connectivity index (χ0) is 24.8. The van der Waals surface area contributed by atoms with E-state index in [2.05, 4.69) is 47.9 Å². The summed E-state index contributed by atoms with van der Waals surface area (Å²) in [5, 5.41) is 0.657. The summed E-state index contributed by atoms with van der Waals surface area (Å²) in [4.78, 5) is 5.21. The van der Waals surface area contributed by atoms with E-state index < -0.39 is 0 Å². The third-order valence-electron chi connectivity index (χ3n) is 7.50. The Kier molecular flexibility index (Phi) is 9.17. The molecule has 2 aromatic carbocycles. The molecule has 0 N–H and O–H groups in total. The van der Waals surface area contributed by atoms with Gasteiger partial charge in [-0.2, -0.15) is 0 Å². The van der Waals surface area contributed by atoms with Crippen LogP contribution in [0.2, 0.25) is 5.02 Å². The van der Waals surface area contributed by atoms with Crippen LogP contribution in [0.5, 0.6) is 11.5 Å². The van der Waals surface area contributed by atoms with E-state index in [0.717, 1.165) is 31.1 Å². The van der Waals surface area contributed by atoms with Crippen LogP contribution in [-0.4, -0.2) is 71.2 Å². The first-order valence-electron chi connectivity index (χ1n) is 12.7. The van der Waals surface area contributed by atoms with Crippen LogP contribution >= 0.6 is 11.6 Å². The molecule has 0 bridgehead atoms. The highest BCUT2D eigenvalue weighted by molar-refractivity contribution is 6.32. The summed E-state index contributed by atoms with van der Waals surface area (Å²) in [6, 6.07) is 11.5. The molecule has 0 saturated carbocycles. The third kappa shape index (κ3) is 6.05. The van der Waals surface area contributed by atoms with E-state index in [-0.39, 0.29) is 0 Å². The summed E-state index contributed by atoms with van der Waals surface area (Å²) in [5.41, 5.74) is 5.21. The lowest BCUT2D eigenvalue weighted by molar-refractivity contribution is 0.0542. The molecule has 1 unspecified atom stereocenters. The Hall–Kier alpha value is -1.99. The van der Waals surface area contributed by atoms with Gasteiger partial charge in [-0.3, -0.25) is 4.90 Å². The molecule has 35 heavy (non-hydrogen) atoms. The zero-order valence-electron chi connectivity index (χ0n) is 21.5. The van der Waals surface area contributed by atoms with Crippen LogP contribution in [0, 0.1) is 13.8 Å². The molecule has 2 aliphatic heterocycles. The number of fused-ring (bicyclic) bond motifs is 1. The Balaban J connectivity index is 1.41. The summed E-state index contributed by atoms with van der Waals surface area (Å²) >= 11 is 6.25. The number of nitrogens with zero attached hydrogens (tertiary/aromatic N) is 2. The normalized spacial score (nSPS) is 20.5. The van der Waals surface area contributed by atoms with Crippen LogP contribution < -0.4 is 14.4 Å².